The van der Waals surface area contributed by atoms with E-state index in [1.807, 2.05) is 30.3 Å². The predicted octanol–water partition coefficient (Wildman–Crippen LogP) is 10.8. The second-order valence-corrected chi connectivity index (χ2v) is 14.4. The maximum absolute atomic E-state index is 11.9. The second-order valence-electron chi connectivity index (χ2n) is 12.7. The van der Waals surface area contributed by atoms with Crippen LogP contribution in [0.1, 0.15) is 60.4 Å². The van der Waals surface area contributed by atoms with Gasteiger partial charge in [-0.3, -0.25) is 14.8 Å². The molecule has 6 aromatic rings. The van der Waals surface area contributed by atoms with Gasteiger partial charge in [-0.1, -0.05) is 49.1 Å². The Morgan fingerprint density at radius 1 is 0.625 bits per heavy atom. The van der Waals surface area contributed by atoms with Crippen LogP contribution in [-0.4, -0.2) is 16.3 Å². The molecule has 2 aromatic heterocycles. The third kappa shape index (κ3) is 9.32. The molecule has 4 aromatic carbocycles. The van der Waals surface area contributed by atoms with E-state index >= 15 is 0 Å². The van der Waals surface area contributed by atoms with Crippen molar-refractivity contribution in [1.82, 2.24) is 9.97 Å². The van der Waals surface area contributed by atoms with E-state index in [9.17, 15) is 15.3 Å². The summed E-state index contributed by atoms with van der Waals surface area (Å²) in [6, 6.07) is 27.0. The van der Waals surface area contributed by atoms with Gasteiger partial charge in [0.2, 0.25) is 0 Å². The van der Waals surface area contributed by atoms with Crippen LogP contribution in [0.5, 0.6) is 23.0 Å². The first-order valence-electron chi connectivity index (χ1n) is 17.3. The fraction of sp³-hybridized carbons (Fsp3) is 0.133. The van der Waals surface area contributed by atoms with Crippen LogP contribution in [0.3, 0.4) is 0 Å². The van der Waals surface area contributed by atoms with Crippen molar-refractivity contribution in [2.24, 2.45) is 0 Å². The third-order valence-electron chi connectivity index (χ3n) is 9.06. The number of hydrogen-bond donors (Lipinski definition) is 0. The van der Waals surface area contributed by atoms with Gasteiger partial charge < -0.3 is 18.9 Å². The molecule has 0 bridgehead atoms. The zero-order valence-electron chi connectivity index (χ0n) is 30.5. The fourth-order valence-corrected chi connectivity index (χ4v) is 6.93. The molecule has 0 saturated heterocycles. The highest BCUT2D eigenvalue weighted by Gasteiger charge is 2.16. The molecule has 0 fully saturated rings. The fourth-order valence-electron chi connectivity index (χ4n) is 5.97. The predicted molar refractivity (Wildman–Crippen MR) is 220 cm³/mol. The number of halogens is 2. The van der Waals surface area contributed by atoms with E-state index in [0.717, 1.165) is 55.3 Å². The van der Waals surface area contributed by atoms with Gasteiger partial charge in [0, 0.05) is 53.6 Å². The Labute approximate surface area is 342 Å². The lowest BCUT2D eigenvalue weighted by Crippen LogP contribution is -2.04. The molecule has 0 radical (unpaired) electrons. The lowest BCUT2D eigenvalue weighted by Gasteiger charge is -2.18. The number of nitriles is 2. The standard InChI is InChI=1S/C45H34Br2N4O5/c1-4-34-13-40(46)44(15-42(34)53-24-32-11-30(17-48)19-50-21-32)55-26-35-7-5-9-38(28(35)2)39-10-6-8-36(29(39)3)27-56-45-16-43(37(23-52)14-41(45)47)54-25-33-12-31(18-49)20-51-22-33/h4-16,19-23H,1,24-27H2,2-3H3. The van der Waals surface area contributed by atoms with Gasteiger partial charge in [0.25, 0.3) is 0 Å². The van der Waals surface area contributed by atoms with Gasteiger partial charge in [-0.15, -0.1) is 0 Å². The summed E-state index contributed by atoms with van der Waals surface area (Å²) in [5, 5.41) is 18.4. The Kier molecular flexibility index (Phi) is 12.9. The summed E-state index contributed by atoms with van der Waals surface area (Å²) >= 11 is 7.19. The zero-order chi connectivity index (χ0) is 39.6. The number of carbonyl (C=O) groups is 1. The zero-order valence-corrected chi connectivity index (χ0v) is 33.7. The molecule has 0 unspecified atom stereocenters. The van der Waals surface area contributed by atoms with Crippen LogP contribution in [0.15, 0.2) is 113 Å². The monoisotopic (exact) mass is 868 g/mol. The van der Waals surface area contributed by atoms with E-state index in [-0.39, 0.29) is 19.8 Å². The average molecular weight is 871 g/mol. The van der Waals surface area contributed by atoms with Crippen molar-refractivity contribution in [2.45, 2.75) is 40.3 Å². The molecular weight excluding hydrogens is 836 g/mol. The summed E-state index contributed by atoms with van der Waals surface area (Å²) in [4.78, 5) is 20.1. The van der Waals surface area contributed by atoms with Crippen LogP contribution in [-0.2, 0) is 26.4 Å². The highest BCUT2D eigenvalue weighted by molar-refractivity contribution is 9.11. The first-order chi connectivity index (χ1) is 27.2. The summed E-state index contributed by atoms with van der Waals surface area (Å²) in [6.45, 7) is 9.04. The van der Waals surface area contributed by atoms with Crippen molar-refractivity contribution in [3.63, 3.8) is 0 Å². The second kappa shape index (κ2) is 18.4. The molecule has 11 heteroatoms. The van der Waals surface area contributed by atoms with E-state index < -0.39 is 0 Å². The molecule has 0 aliphatic heterocycles. The van der Waals surface area contributed by atoms with Crippen molar-refractivity contribution in [1.29, 1.82) is 10.5 Å². The molecule has 0 aliphatic rings. The molecule has 0 atom stereocenters. The molecular formula is C45H34Br2N4O5. The minimum absolute atomic E-state index is 0.127. The molecule has 6 rings (SSSR count). The largest absolute Gasteiger partial charge is 0.488 e. The summed E-state index contributed by atoms with van der Waals surface area (Å²) in [5.74, 6) is 2.07. The molecule has 56 heavy (non-hydrogen) atoms. The topological polar surface area (TPSA) is 127 Å². The smallest absolute Gasteiger partial charge is 0.153 e. The lowest BCUT2D eigenvalue weighted by atomic mass is 9.92. The summed E-state index contributed by atoms with van der Waals surface area (Å²) in [6.07, 6.45) is 8.72. The maximum Gasteiger partial charge on any atom is 0.153 e. The quantitative estimate of drug-likeness (QED) is 0.0927. The number of benzene rings is 4. The van der Waals surface area contributed by atoms with E-state index in [4.69, 9.17) is 18.9 Å². The molecule has 0 N–H and O–H groups in total. The van der Waals surface area contributed by atoms with Gasteiger partial charge in [-0.25, -0.2) is 0 Å². The van der Waals surface area contributed by atoms with Crippen molar-refractivity contribution < 1.29 is 23.7 Å². The molecule has 0 spiro atoms. The summed E-state index contributed by atoms with van der Waals surface area (Å²) in [5.41, 5.74) is 9.83. The SMILES string of the molecule is C=Cc1cc(Br)c(OCc2cccc(-c3cccc(COc4cc(OCc5cncc(C#N)c5)c(C=O)cc4Br)c3C)c2C)cc1OCc1cncc(C#N)c1. The van der Waals surface area contributed by atoms with Gasteiger partial charge in [0.05, 0.1) is 25.6 Å². The van der Waals surface area contributed by atoms with Gasteiger partial charge in [-0.2, -0.15) is 10.5 Å². The average Bonchev–Trinajstić information content (AvgIpc) is 3.22. The van der Waals surface area contributed by atoms with Crippen molar-refractivity contribution >= 4 is 44.2 Å². The number of carbonyl (C=O) groups excluding carboxylic acids is 1. The highest BCUT2D eigenvalue weighted by atomic mass is 79.9. The Hall–Kier alpha value is -6.27. The highest BCUT2D eigenvalue weighted by Crippen LogP contribution is 2.37. The van der Waals surface area contributed by atoms with E-state index in [0.29, 0.717) is 56.3 Å². The molecule has 0 saturated carbocycles. The maximum atomic E-state index is 11.9. The lowest BCUT2D eigenvalue weighted by molar-refractivity contribution is 0.111. The van der Waals surface area contributed by atoms with Crippen LogP contribution in [0, 0.1) is 36.5 Å². The number of rotatable bonds is 15. The van der Waals surface area contributed by atoms with E-state index in [1.165, 1.54) is 12.4 Å². The van der Waals surface area contributed by atoms with E-state index in [1.54, 1.807) is 42.7 Å². The van der Waals surface area contributed by atoms with Crippen LogP contribution >= 0.6 is 31.9 Å². The van der Waals surface area contributed by atoms with Crippen molar-refractivity contribution in [3.8, 4) is 46.3 Å². The van der Waals surface area contributed by atoms with Crippen LogP contribution < -0.4 is 18.9 Å². The molecule has 9 nitrogen and oxygen atoms in total. The Bertz CT molecular complexity index is 2350. The third-order valence-corrected chi connectivity index (χ3v) is 10.3. The number of pyridine rings is 2. The summed E-state index contributed by atoms with van der Waals surface area (Å²) < 4.78 is 26.1. The van der Waals surface area contributed by atoms with Crippen molar-refractivity contribution in [3.05, 3.63) is 169 Å². The number of nitrogens with zero attached hydrogens (tertiary/aromatic N) is 4. The number of hydrogen-bond acceptors (Lipinski definition) is 9. The molecule has 2 heterocycles. The van der Waals surface area contributed by atoms with Crippen LogP contribution in [0.4, 0.5) is 0 Å². The molecule has 0 amide bonds. The van der Waals surface area contributed by atoms with Crippen LogP contribution in [0.2, 0.25) is 0 Å². The van der Waals surface area contributed by atoms with Gasteiger partial charge >= 0.3 is 0 Å². The number of ether oxygens (including phenoxy) is 4. The molecule has 278 valence electrons. The molecule has 0 aliphatic carbocycles. The Balaban J connectivity index is 1.16. The summed E-state index contributed by atoms with van der Waals surface area (Å²) in [7, 11) is 0. The number of aldehydes is 1. The van der Waals surface area contributed by atoms with Gasteiger partial charge in [0.15, 0.2) is 6.29 Å². The van der Waals surface area contributed by atoms with Gasteiger partial charge in [-0.05, 0) is 103 Å². The minimum Gasteiger partial charge on any atom is -0.488 e. The van der Waals surface area contributed by atoms with Crippen molar-refractivity contribution in [2.75, 3.05) is 0 Å². The van der Waals surface area contributed by atoms with Gasteiger partial charge in [0.1, 0.15) is 61.6 Å². The number of aromatic nitrogens is 2. The Morgan fingerprint density at radius 3 is 1.52 bits per heavy atom. The van der Waals surface area contributed by atoms with E-state index in [2.05, 4.69) is 92.6 Å². The van der Waals surface area contributed by atoms with Crippen LogP contribution in [0.25, 0.3) is 17.2 Å². The Morgan fingerprint density at radius 2 is 1.07 bits per heavy atom. The normalized spacial score (nSPS) is 10.5. The first kappa shape index (κ1) is 39.4. The minimum atomic E-state index is 0.127. The first-order valence-corrected chi connectivity index (χ1v) is 18.9.